The molecule has 6 nitrogen and oxygen atoms in total. The molecule has 19 heavy (non-hydrogen) atoms. The number of aliphatic carboxylic acids is 1. The molecular formula is C13H23NO5. The molecule has 6 heteroatoms. The standard InChI is InChI=1S/C13H23NO5/c1-13(2,3)19-12(18)14-6-4-9(5-7-14)10(15)8-11(16)17/h9-10,15H,4-8H2,1-3H3,(H,16,17). The number of ether oxygens (including phenoxy) is 1. The van der Waals surface area contributed by atoms with Crippen LogP contribution >= 0.6 is 0 Å². The van der Waals surface area contributed by atoms with E-state index in [1.165, 1.54) is 0 Å². The van der Waals surface area contributed by atoms with Gasteiger partial charge in [0, 0.05) is 13.1 Å². The van der Waals surface area contributed by atoms with Crippen molar-refractivity contribution >= 4 is 12.1 Å². The fourth-order valence-electron chi connectivity index (χ4n) is 2.14. The van der Waals surface area contributed by atoms with Crippen molar-refractivity contribution in [2.75, 3.05) is 13.1 Å². The second kappa shape index (κ2) is 6.23. The Morgan fingerprint density at radius 3 is 2.26 bits per heavy atom. The van der Waals surface area contributed by atoms with Gasteiger partial charge in [0.05, 0.1) is 12.5 Å². The number of rotatable bonds is 3. The number of piperidine rings is 1. The van der Waals surface area contributed by atoms with Gasteiger partial charge in [-0.05, 0) is 39.5 Å². The van der Waals surface area contributed by atoms with Gasteiger partial charge in [0.2, 0.25) is 0 Å². The summed E-state index contributed by atoms with van der Waals surface area (Å²) in [4.78, 5) is 24.0. The zero-order chi connectivity index (χ0) is 14.6. The quantitative estimate of drug-likeness (QED) is 0.813. The van der Waals surface area contributed by atoms with Crippen LogP contribution in [0.4, 0.5) is 4.79 Å². The van der Waals surface area contributed by atoms with Gasteiger partial charge < -0.3 is 19.8 Å². The predicted octanol–water partition coefficient (Wildman–Crippen LogP) is 1.47. The lowest BCUT2D eigenvalue weighted by Crippen LogP contribution is -2.43. The number of carbonyl (C=O) groups excluding carboxylic acids is 1. The average Bonchev–Trinajstić information content (AvgIpc) is 2.26. The number of nitrogens with zero attached hydrogens (tertiary/aromatic N) is 1. The van der Waals surface area contributed by atoms with Gasteiger partial charge in [-0.1, -0.05) is 0 Å². The maximum Gasteiger partial charge on any atom is 0.410 e. The summed E-state index contributed by atoms with van der Waals surface area (Å²) in [7, 11) is 0. The highest BCUT2D eigenvalue weighted by Crippen LogP contribution is 2.23. The van der Waals surface area contributed by atoms with Crippen molar-refractivity contribution < 1.29 is 24.5 Å². The van der Waals surface area contributed by atoms with E-state index in [1.54, 1.807) is 4.90 Å². The minimum absolute atomic E-state index is 0.0604. The highest BCUT2D eigenvalue weighted by atomic mass is 16.6. The van der Waals surface area contributed by atoms with E-state index < -0.39 is 17.7 Å². The topological polar surface area (TPSA) is 87.1 Å². The molecule has 1 fully saturated rings. The molecule has 1 amide bonds. The van der Waals surface area contributed by atoms with Gasteiger partial charge in [-0.15, -0.1) is 0 Å². The maximum atomic E-state index is 11.8. The molecule has 110 valence electrons. The van der Waals surface area contributed by atoms with Gasteiger partial charge in [-0.2, -0.15) is 0 Å². The Kier molecular flexibility index (Phi) is 5.17. The molecule has 2 N–H and O–H groups in total. The summed E-state index contributed by atoms with van der Waals surface area (Å²) in [5.41, 5.74) is -0.517. The maximum absolute atomic E-state index is 11.8. The summed E-state index contributed by atoms with van der Waals surface area (Å²) in [6.45, 7) is 6.43. The molecule has 1 rings (SSSR count). The molecule has 1 atom stereocenters. The third-order valence-electron chi connectivity index (χ3n) is 3.12. The number of aliphatic hydroxyl groups is 1. The normalized spacial score (nSPS) is 19.1. The van der Waals surface area contributed by atoms with Crippen molar-refractivity contribution in [2.45, 2.75) is 51.7 Å². The molecular weight excluding hydrogens is 250 g/mol. The first-order valence-corrected chi connectivity index (χ1v) is 6.57. The second-order valence-electron chi connectivity index (χ2n) is 5.97. The van der Waals surface area contributed by atoms with Crippen LogP contribution in [0.15, 0.2) is 0 Å². The van der Waals surface area contributed by atoms with Crippen LogP contribution in [0.3, 0.4) is 0 Å². The molecule has 1 aliphatic heterocycles. The molecule has 1 unspecified atom stereocenters. The molecule has 1 saturated heterocycles. The Labute approximate surface area is 113 Å². The van der Waals surface area contributed by atoms with E-state index in [2.05, 4.69) is 0 Å². The molecule has 0 spiro atoms. The Balaban J connectivity index is 2.40. The lowest BCUT2D eigenvalue weighted by Gasteiger charge is -2.34. The first-order valence-electron chi connectivity index (χ1n) is 6.57. The minimum Gasteiger partial charge on any atom is -0.481 e. The van der Waals surface area contributed by atoms with Crippen LogP contribution in [0.1, 0.15) is 40.0 Å². The molecule has 0 aromatic rings. The smallest absolute Gasteiger partial charge is 0.410 e. The monoisotopic (exact) mass is 273 g/mol. The summed E-state index contributed by atoms with van der Waals surface area (Å²) in [6.07, 6.45) is -0.213. The summed E-state index contributed by atoms with van der Waals surface area (Å²) < 4.78 is 5.27. The van der Waals surface area contributed by atoms with Gasteiger partial charge in [-0.25, -0.2) is 4.79 Å². The molecule has 0 aliphatic carbocycles. The lowest BCUT2D eigenvalue weighted by molar-refractivity contribution is -0.140. The molecule has 1 heterocycles. The number of hydrogen-bond donors (Lipinski definition) is 2. The zero-order valence-corrected chi connectivity index (χ0v) is 11.8. The molecule has 0 aromatic carbocycles. The van der Waals surface area contributed by atoms with E-state index in [4.69, 9.17) is 9.84 Å². The minimum atomic E-state index is -0.998. The van der Waals surface area contributed by atoms with Crippen molar-refractivity contribution in [3.8, 4) is 0 Å². The lowest BCUT2D eigenvalue weighted by atomic mass is 9.90. The molecule has 0 aromatic heterocycles. The van der Waals surface area contributed by atoms with Gasteiger partial charge >= 0.3 is 12.1 Å². The molecule has 0 radical (unpaired) electrons. The van der Waals surface area contributed by atoms with Crippen molar-refractivity contribution in [1.29, 1.82) is 0 Å². The number of aliphatic hydroxyl groups excluding tert-OH is 1. The largest absolute Gasteiger partial charge is 0.481 e. The van der Waals surface area contributed by atoms with Crippen molar-refractivity contribution in [3.05, 3.63) is 0 Å². The predicted molar refractivity (Wildman–Crippen MR) is 68.8 cm³/mol. The van der Waals surface area contributed by atoms with E-state index in [-0.39, 0.29) is 18.4 Å². The van der Waals surface area contributed by atoms with E-state index in [0.29, 0.717) is 25.9 Å². The first-order chi connectivity index (χ1) is 8.69. The number of amides is 1. The fraction of sp³-hybridized carbons (Fsp3) is 0.846. The van der Waals surface area contributed by atoms with Gasteiger partial charge in [-0.3, -0.25) is 4.79 Å². The van der Waals surface area contributed by atoms with E-state index in [0.717, 1.165) is 0 Å². The van der Waals surface area contributed by atoms with E-state index in [9.17, 15) is 14.7 Å². The van der Waals surface area contributed by atoms with Crippen LogP contribution in [-0.4, -0.2) is 52.0 Å². The average molecular weight is 273 g/mol. The van der Waals surface area contributed by atoms with Crippen LogP contribution in [-0.2, 0) is 9.53 Å². The summed E-state index contributed by atoms with van der Waals surface area (Å²) in [5.74, 6) is -1.06. The summed E-state index contributed by atoms with van der Waals surface area (Å²) in [5, 5.41) is 18.4. The third kappa shape index (κ3) is 5.46. The van der Waals surface area contributed by atoms with Gasteiger partial charge in [0.1, 0.15) is 5.60 Å². The zero-order valence-electron chi connectivity index (χ0n) is 11.8. The Morgan fingerprint density at radius 2 is 1.84 bits per heavy atom. The highest BCUT2D eigenvalue weighted by molar-refractivity contribution is 5.68. The summed E-state index contributed by atoms with van der Waals surface area (Å²) >= 11 is 0. The summed E-state index contributed by atoms with van der Waals surface area (Å²) in [6, 6.07) is 0. The number of carboxylic acid groups (broad SMARTS) is 1. The number of likely N-dealkylation sites (tertiary alicyclic amines) is 1. The van der Waals surface area contributed by atoms with Gasteiger partial charge in [0.25, 0.3) is 0 Å². The van der Waals surface area contributed by atoms with Crippen molar-refractivity contribution in [3.63, 3.8) is 0 Å². The third-order valence-corrected chi connectivity index (χ3v) is 3.12. The van der Waals surface area contributed by atoms with E-state index >= 15 is 0 Å². The van der Waals surface area contributed by atoms with Crippen LogP contribution in [0, 0.1) is 5.92 Å². The molecule has 0 bridgehead atoms. The van der Waals surface area contributed by atoms with Crippen LogP contribution < -0.4 is 0 Å². The first kappa shape index (κ1) is 15.8. The fourth-order valence-corrected chi connectivity index (χ4v) is 2.14. The second-order valence-corrected chi connectivity index (χ2v) is 5.97. The van der Waals surface area contributed by atoms with Gasteiger partial charge in [0.15, 0.2) is 0 Å². The molecule has 1 aliphatic rings. The molecule has 0 saturated carbocycles. The van der Waals surface area contributed by atoms with Crippen molar-refractivity contribution in [2.24, 2.45) is 5.92 Å². The van der Waals surface area contributed by atoms with Crippen LogP contribution in [0.2, 0.25) is 0 Å². The highest BCUT2D eigenvalue weighted by Gasteiger charge is 2.30. The Morgan fingerprint density at radius 1 is 1.32 bits per heavy atom. The SMILES string of the molecule is CC(C)(C)OC(=O)N1CCC(C(O)CC(=O)O)CC1. The van der Waals surface area contributed by atoms with Crippen molar-refractivity contribution in [1.82, 2.24) is 4.90 Å². The number of carbonyl (C=O) groups is 2. The Hall–Kier alpha value is -1.30. The number of carboxylic acids is 1. The van der Waals surface area contributed by atoms with E-state index in [1.807, 2.05) is 20.8 Å². The van der Waals surface area contributed by atoms with Crippen LogP contribution in [0.5, 0.6) is 0 Å². The van der Waals surface area contributed by atoms with Crippen LogP contribution in [0.25, 0.3) is 0 Å². The Bertz CT molecular complexity index is 328. The number of hydrogen-bond acceptors (Lipinski definition) is 4.